The van der Waals surface area contributed by atoms with E-state index in [0.29, 0.717) is 13.0 Å². The van der Waals surface area contributed by atoms with Crippen molar-refractivity contribution in [2.75, 3.05) is 18.1 Å². The minimum atomic E-state index is 0.125. The molecule has 4 heteroatoms. The molecule has 0 spiro atoms. The molecule has 1 aromatic rings. The third-order valence-electron chi connectivity index (χ3n) is 2.46. The molecular weight excluding hydrogens is 190 g/mol. The van der Waals surface area contributed by atoms with Crippen LogP contribution < -0.4 is 16.2 Å². The summed E-state index contributed by atoms with van der Waals surface area (Å²) >= 11 is 0. The van der Waals surface area contributed by atoms with Crippen LogP contribution in [0.15, 0.2) is 24.3 Å². The molecule has 0 aromatic heterocycles. The Morgan fingerprint density at radius 1 is 1.47 bits per heavy atom. The lowest BCUT2D eigenvalue weighted by molar-refractivity contribution is -0.117. The Bertz CT molecular complexity index is 365. The molecule has 1 aliphatic heterocycles. The van der Waals surface area contributed by atoms with Gasteiger partial charge in [0.1, 0.15) is 0 Å². The van der Waals surface area contributed by atoms with Crippen LogP contribution in [0.1, 0.15) is 12.0 Å². The number of hydrogen-bond donors (Lipinski definition) is 2. The van der Waals surface area contributed by atoms with Gasteiger partial charge in [0.2, 0.25) is 5.91 Å². The second-order valence-corrected chi connectivity index (χ2v) is 3.60. The molecule has 15 heavy (non-hydrogen) atoms. The Hall–Kier alpha value is -1.39. The lowest BCUT2D eigenvalue weighted by atomic mass is 10.1. The summed E-state index contributed by atoms with van der Waals surface area (Å²) in [5, 5.41) is 1.61. The molecule has 1 aliphatic rings. The second kappa shape index (κ2) is 4.42. The zero-order valence-corrected chi connectivity index (χ0v) is 8.57. The van der Waals surface area contributed by atoms with Crippen molar-refractivity contribution in [1.82, 2.24) is 5.43 Å². The zero-order chi connectivity index (χ0) is 10.7. The zero-order valence-electron chi connectivity index (χ0n) is 8.57. The highest BCUT2D eigenvalue weighted by Crippen LogP contribution is 2.17. The van der Waals surface area contributed by atoms with Crippen molar-refractivity contribution in [2.24, 2.45) is 5.73 Å². The van der Waals surface area contributed by atoms with Gasteiger partial charge in [-0.05, 0) is 30.7 Å². The second-order valence-electron chi connectivity index (χ2n) is 3.60. The standard InChI is InChI=1S/C11H15N3O/c12-6-4-9-2-1-3-10(8-9)14-11(15)5-7-13-14/h1-3,8,13H,4-7,12H2. The molecule has 1 amide bonds. The molecule has 4 nitrogen and oxygen atoms in total. The van der Waals surface area contributed by atoms with E-state index in [4.69, 9.17) is 5.73 Å². The maximum atomic E-state index is 11.5. The topological polar surface area (TPSA) is 58.4 Å². The van der Waals surface area contributed by atoms with Gasteiger partial charge in [0, 0.05) is 13.0 Å². The molecule has 1 aromatic carbocycles. The highest BCUT2D eigenvalue weighted by Gasteiger charge is 2.21. The van der Waals surface area contributed by atoms with Crippen LogP contribution in [0.25, 0.3) is 0 Å². The van der Waals surface area contributed by atoms with Gasteiger partial charge in [0.05, 0.1) is 5.69 Å². The maximum absolute atomic E-state index is 11.5. The molecule has 0 aliphatic carbocycles. The average Bonchev–Trinajstić information content (AvgIpc) is 2.65. The van der Waals surface area contributed by atoms with Crippen molar-refractivity contribution in [3.8, 4) is 0 Å². The van der Waals surface area contributed by atoms with Crippen LogP contribution in [0.3, 0.4) is 0 Å². The SMILES string of the molecule is NCCc1cccc(N2NCCC2=O)c1. The van der Waals surface area contributed by atoms with E-state index >= 15 is 0 Å². The first-order chi connectivity index (χ1) is 7.31. The number of hydrogen-bond acceptors (Lipinski definition) is 3. The van der Waals surface area contributed by atoms with Crippen LogP contribution >= 0.6 is 0 Å². The number of anilines is 1. The molecule has 0 atom stereocenters. The van der Waals surface area contributed by atoms with Gasteiger partial charge in [0.15, 0.2) is 0 Å². The Labute approximate surface area is 89.0 Å². The fourth-order valence-electron chi connectivity index (χ4n) is 1.73. The number of nitrogens with zero attached hydrogens (tertiary/aromatic N) is 1. The van der Waals surface area contributed by atoms with E-state index in [0.717, 1.165) is 24.2 Å². The summed E-state index contributed by atoms with van der Waals surface area (Å²) in [6, 6.07) is 7.91. The van der Waals surface area contributed by atoms with Crippen molar-refractivity contribution in [3.63, 3.8) is 0 Å². The largest absolute Gasteiger partial charge is 0.330 e. The van der Waals surface area contributed by atoms with Crippen LogP contribution in [-0.4, -0.2) is 19.0 Å². The van der Waals surface area contributed by atoms with Crippen LogP contribution in [0.4, 0.5) is 5.69 Å². The monoisotopic (exact) mass is 205 g/mol. The molecule has 1 heterocycles. The Balaban J connectivity index is 2.20. The van der Waals surface area contributed by atoms with Crippen molar-refractivity contribution in [2.45, 2.75) is 12.8 Å². The van der Waals surface area contributed by atoms with Gasteiger partial charge in [-0.1, -0.05) is 12.1 Å². The van der Waals surface area contributed by atoms with Gasteiger partial charge in [0.25, 0.3) is 0 Å². The molecular formula is C11H15N3O. The third kappa shape index (κ3) is 2.16. The number of rotatable bonds is 3. The molecule has 0 saturated carbocycles. The molecule has 3 N–H and O–H groups in total. The molecule has 1 saturated heterocycles. The average molecular weight is 205 g/mol. The normalized spacial score (nSPS) is 16.1. The Kier molecular flexibility index (Phi) is 2.99. The molecule has 80 valence electrons. The summed E-state index contributed by atoms with van der Waals surface area (Å²) in [5.41, 5.74) is 10.6. The number of carbonyl (C=O) groups is 1. The van der Waals surface area contributed by atoms with Crippen molar-refractivity contribution >= 4 is 11.6 Å². The fraction of sp³-hybridized carbons (Fsp3) is 0.364. The van der Waals surface area contributed by atoms with Gasteiger partial charge >= 0.3 is 0 Å². The number of hydrazine groups is 1. The first-order valence-electron chi connectivity index (χ1n) is 5.17. The maximum Gasteiger partial charge on any atom is 0.242 e. The van der Waals surface area contributed by atoms with Crippen LogP contribution in [0, 0.1) is 0 Å². The fourth-order valence-corrected chi connectivity index (χ4v) is 1.73. The molecule has 0 unspecified atom stereocenters. The van der Waals surface area contributed by atoms with E-state index in [1.807, 2.05) is 24.3 Å². The highest BCUT2D eigenvalue weighted by atomic mass is 16.2. The summed E-state index contributed by atoms with van der Waals surface area (Å²) in [7, 11) is 0. The van der Waals surface area contributed by atoms with E-state index in [1.54, 1.807) is 5.01 Å². The van der Waals surface area contributed by atoms with Gasteiger partial charge in [-0.3, -0.25) is 4.79 Å². The summed E-state index contributed by atoms with van der Waals surface area (Å²) < 4.78 is 0. The van der Waals surface area contributed by atoms with Crippen molar-refractivity contribution in [1.29, 1.82) is 0 Å². The smallest absolute Gasteiger partial charge is 0.242 e. The van der Waals surface area contributed by atoms with Crippen LogP contribution in [0.5, 0.6) is 0 Å². The van der Waals surface area contributed by atoms with Gasteiger partial charge in [-0.25, -0.2) is 10.4 Å². The van der Waals surface area contributed by atoms with E-state index in [2.05, 4.69) is 5.43 Å². The quantitative estimate of drug-likeness (QED) is 0.752. The lowest BCUT2D eigenvalue weighted by Gasteiger charge is -2.16. The van der Waals surface area contributed by atoms with Crippen molar-refractivity contribution in [3.05, 3.63) is 29.8 Å². The number of nitrogens with two attached hydrogens (primary N) is 1. The van der Waals surface area contributed by atoms with Gasteiger partial charge in [-0.2, -0.15) is 0 Å². The summed E-state index contributed by atoms with van der Waals surface area (Å²) in [5.74, 6) is 0.125. The Morgan fingerprint density at radius 2 is 2.33 bits per heavy atom. The van der Waals surface area contributed by atoms with E-state index < -0.39 is 0 Å². The first kappa shape index (κ1) is 10.1. The number of nitrogens with one attached hydrogen (secondary N) is 1. The Morgan fingerprint density at radius 3 is 3.00 bits per heavy atom. The molecule has 0 radical (unpaired) electrons. The predicted molar refractivity (Wildman–Crippen MR) is 59.3 cm³/mol. The van der Waals surface area contributed by atoms with E-state index in [1.165, 1.54) is 0 Å². The van der Waals surface area contributed by atoms with E-state index in [9.17, 15) is 4.79 Å². The van der Waals surface area contributed by atoms with Crippen molar-refractivity contribution < 1.29 is 4.79 Å². The number of benzene rings is 1. The van der Waals surface area contributed by atoms with Gasteiger partial charge in [-0.15, -0.1) is 0 Å². The highest BCUT2D eigenvalue weighted by molar-refractivity contribution is 5.94. The number of amides is 1. The van der Waals surface area contributed by atoms with Gasteiger partial charge < -0.3 is 5.73 Å². The van der Waals surface area contributed by atoms with Crippen LogP contribution in [-0.2, 0) is 11.2 Å². The number of carbonyl (C=O) groups excluding carboxylic acids is 1. The first-order valence-corrected chi connectivity index (χ1v) is 5.17. The molecule has 1 fully saturated rings. The summed E-state index contributed by atoms with van der Waals surface area (Å²) in [6.45, 7) is 1.35. The van der Waals surface area contributed by atoms with E-state index in [-0.39, 0.29) is 5.91 Å². The lowest BCUT2D eigenvalue weighted by Crippen LogP contribution is -2.34. The minimum Gasteiger partial charge on any atom is -0.330 e. The predicted octanol–water partition coefficient (Wildman–Crippen LogP) is 0.429. The third-order valence-corrected chi connectivity index (χ3v) is 2.46. The minimum absolute atomic E-state index is 0.125. The molecule has 0 bridgehead atoms. The summed E-state index contributed by atoms with van der Waals surface area (Å²) in [4.78, 5) is 11.5. The van der Waals surface area contributed by atoms with Crippen LogP contribution in [0.2, 0.25) is 0 Å². The molecule has 2 rings (SSSR count). The summed E-state index contributed by atoms with van der Waals surface area (Å²) in [6.07, 6.45) is 1.41.